The van der Waals surface area contributed by atoms with Crippen molar-refractivity contribution in [2.24, 2.45) is 0 Å². The van der Waals surface area contributed by atoms with Crippen LogP contribution in [0.15, 0.2) is 36.4 Å². The van der Waals surface area contributed by atoms with Crippen LogP contribution >= 0.6 is 0 Å². The SMILES string of the molecule is Cc1ccc(C(=O)S(=O)(=O)N2CCC[C@H]2C(=O)N2c3ccc(F)c(F)c3CC2C)cc1. The number of carbonyl (C=O) groups excluding carboxylic acids is 2. The molecule has 2 atom stereocenters. The van der Waals surface area contributed by atoms with E-state index in [1.807, 2.05) is 6.92 Å². The highest BCUT2D eigenvalue weighted by Crippen LogP contribution is 2.37. The van der Waals surface area contributed by atoms with Crippen LogP contribution < -0.4 is 4.90 Å². The number of sulfonamides is 1. The number of hydrogen-bond donors (Lipinski definition) is 0. The summed E-state index contributed by atoms with van der Waals surface area (Å²) in [5.41, 5.74) is 1.25. The highest BCUT2D eigenvalue weighted by molar-refractivity contribution is 8.04. The van der Waals surface area contributed by atoms with Crippen molar-refractivity contribution >= 4 is 26.7 Å². The average molecular weight is 448 g/mol. The zero-order valence-electron chi connectivity index (χ0n) is 17.1. The fourth-order valence-corrected chi connectivity index (χ4v) is 5.89. The molecule has 0 spiro atoms. The zero-order chi connectivity index (χ0) is 22.5. The van der Waals surface area contributed by atoms with E-state index in [0.29, 0.717) is 6.42 Å². The molecule has 31 heavy (non-hydrogen) atoms. The van der Waals surface area contributed by atoms with Crippen LogP contribution in [0.5, 0.6) is 0 Å². The van der Waals surface area contributed by atoms with E-state index in [0.717, 1.165) is 15.9 Å². The molecule has 0 N–H and O–H groups in total. The number of amides is 1. The lowest BCUT2D eigenvalue weighted by molar-refractivity contribution is -0.121. The molecule has 2 heterocycles. The van der Waals surface area contributed by atoms with E-state index in [1.165, 1.54) is 23.1 Å². The quantitative estimate of drug-likeness (QED) is 0.723. The number of carbonyl (C=O) groups is 2. The number of hydrogen-bond acceptors (Lipinski definition) is 4. The van der Waals surface area contributed by atoms with Crippen LogP contribution in [0.4, 0.5) is 14.5 Å². The first kappa shape index (κ1) is 21.6. The summed E-state index contributed by atoms with van der Waals surface area (Å²) in [6.45, 7) is 3.56. The van der Waals surface area contributed by atoms with Gasteiger partial charge >= 0.3 is 0 Å². The van der Waals surface area contributed by atoms with E-state index in [9.17, 15) is 26.8 Å². The summed E-state index contributed by atoms with van der Waals surface area (Å²) in [6, 6.07) is 6.93. The van der Waals surface area contributed by atoms with Gasteiger partial charge in [-0.05, 0) is 57.4 Å². The smallest absolute Gasteiger partial charge is 0.291 e. The summed E-state index contributed by atoms with van der Waals surface area (Å²) >= 11 is 0. The number of halogens is 2. The Morgan fingerprint density at radius 1 is 1.06 bits per heavy atom. The Balaban J connectivity index is 1.65. The van der Waals surface area contributed by atoms with Crippen molar-refractivity contribution < 1.29 is 26.8 Å². The molecule has 2 aliphatic rings. The van der Waals surface area contributed by atoms with Gasteiger partial charge in [-0.25, -0.2) is 17.2 Å². The Labute approximate surface area is 179 Å². The van der Waals surface area contributed by atoms with Crippen molar-refractivity contribution in [3.63, 3.8) is 0 Å². The highest BCUT2D eigenvalue weighted by atomic mass is 32.2. The first-order chi connectivity index (χ1) is 14.6. The van der Waals surface area contributed by atoms with Crippen molar-refractivity contribution in [1.82, 2.24) is 4.31 Å². The number of benzene rings is 2. The van der Waals surface area contributed by atoms with E-state index in [-0.39, 0.29) is 36.2 Å². The third kappa shape index (κ3) is 3.55. The maximum Gasteiger partial charge on any atom is 0.291 e. The van der Waals surface area contributed by atoms with Gasteiger partial charge in [0.25, 0.3) is 15.1 Å². The third-order valence-electron chi connectivity index (χ3n) is 5.93. The second-order valence-corrected chi connectivity index (χ2v) is 9.84. The minimum atomic E-state index is -4.43. The number of anilines is 1. The molecule has 0 bridgehead atoms. The maximum atomic E-state index is 14.2. The summed E-state index contributed by atoms with van der Waals surface area (Å²) < 4.78 is 54.9. The molecule has 0 aliphatic carbocycles. The van der Waals surface area contributed by atoms with E-state index in [2.05, 4.69) is 0 Å². The summed E-state index contributed by atoms with van der Waals surface area (Å²) in [4.78, 5) is 27.4. The molecule has 2 aliphatic heterocycles. The van der Waals surface area contributed by atoms with Crippen LogP contribution in [0.2, 0.25) is 0 Å². The van der Waals surface area contributed by atoms with Crippen LogP contribution in [-0.2, 0) is 21.2 Å². The molecule has 1 amide bonds. The predicted octanol–water partition coefficient (Wildman–Crippen LogP) is 3.19. The average Bonchev–Trinajstić information content (AvgIpc) is 3.36. The first-order valence-corrected chi connectivity index (χ1v) is 11.5. The Hall–Kier alpha value is -2.65. The van der Waals surface area contributed by atoms with E-state index < -0.39 is 44.8 Å². The monoisotopic (exact) mass is 448 g/mol. The van der Waals surface area contributed by atoms with E-state index in [4.69, 9.17) is 0 Å². The minimum Gasteiger partial charge on any atom is -0.308 e. The molecule has 9 heteroatoms. The molecule has 0 aromatic heterocycles. The predicted molar refractivity (Wildman–Crippen MR) is 111 cm³/mol. The third-order valence-corrected chi connectivity index (χ3v) is 7.69. The molecular formula is C22H22F2N2O4S. The molecule has 1 unspecified atom stereocenters. The topological polar surface area (TPSA) is 74.8 Å². The van der Waals surface area contributed by atoms with Crippen molar-refractivity contribution in [2.45, 2.75) is 45.2 Å². The van der Waals surface area contributed by atoms with Crippen LogP contribution in [0.3, 0.4) is 0 Å². The van der Waals surface area contributed by atoms with Crippen LogP contribution in [-0.4, -0.2) is 42.4 Å². The normalized spacial score (nSPS) is 21.4. The van der Waals surface area contributed by atoms with Crippen molar-refractivity contribution in [3.8, 4) is 0 Å². The van der Waals surface area contributed by atoms with Gasteiger partial charge in [0.15, 0.2) is 11.6 Å². The second-order valence-electron chi connectivity index (χ2n) is 8.05. The molecule has 2 aromatic rings. The molecule has 6 nitrogen and oxygen atoms in total. The lowest BCUT2D eigenvalue weighted by atomic mass is 10.1. The highest BCUT2D eigenvalue weighted by Gasteiger charge is 2.46. The lowest BCUT2D eigenvalue weighted by Crippen LogP contribution is -2.50. The molecule has 4 rings (SSSR count). The van der Waals surface area contributed by atoms with Crippen molar-refractivity contribution in [1.29, 1.82) is 0 Å². The number of fused-ring (bicyclic) bond motifs is 1. The molecule has 0 saturated carbocycles. The Kier molecular flexibility index (Phi) is 5.43. The number of nitrogens with zero attached hydrogens (tertiary/aromatic N) is 2. The first-order valence-electron chi connectivity index (χ1n) is 10.1. The summed E-state index contributed by atoms with van der Waals surface area (Å²) in [5, 5.41) is -1.06. The van der Waals surface area contributed by atoms with Gasteiger partial charge < -0.3 is 4.90 Å². The van der Waals surface area contributed by atoms with Gasteiger partial charge in [-0.3, -0.25) is 9.59 Å². The zero-order valence-corrected chi connectivity index (χ0v) is 18.0. The summed E-state index contributed by atoms with van der Waals surface area (Å²) in [6.07, 6.45) is 0.803. The minimum absolute atomic E-state index is 0.0288. The Bertz CT molecular complexity index is 1160. The van der Waals surface area contributed by atoms with Crippen molar-refractivity contribution in [2.75, 3.05) is 11.4 Å². The van der Waals surface area contributed by atoms with Gasteiger partial charge in [-0.2, -0.15) is 4.31 Å². The number of rotatable bonds is 3. The Morgan fingerprint density at radius 3 is 2.42 bits per heavy atom. The molecule has 1 fully saturated rings. The van der Waals surface area contributed by atoms with Crippen LogP contribution in [0.25, 0.3) is 0 Å². The second kappa shape index (κ2) is 7.80. The largest absolute Gasteiger partial charge is 0.308 e. The van der Waals surface area contributed by atoms with E-state index in [1.54, 1.807) is 19.1 Å². The molecule has 2 aromatic carbocycles. The van der Waals surface area contributed by atoms with Crippen LogP contribution in [0.1, 0.15) is 41.3 Å². The standard InChI is InChI=1S/C22H22F2N2O4S/c1-13-5-7-15(8-6-13)22(28)31(29,30)25-11-3-4-19(25)21(27)26-14(2)12-16-18(26)10-9-17(23)20(16)24/h5-10,14,19H,3-4,11-12H2,1-2H3/t14?,19-/m0/s1. The summed E-state index contributed by atoms with van der Waals surface area (Å²) in [7, 11) is -4.43. The van der Waals surface area contributed by atoms with Gasteiger partial charge in [0.05, 0.1) is 5.69 Å². The molecular weight excluding hydrogens is 426 g/mol. The van der Waals surface area contributed by atoms with Crippen LogP contribution in [0, 0.1) is 18.6 Å². The fraction of sp³-hybridized carbons (Fsp3) is 0.364. The maximum absolute atomic E-state index is 14.2. The molecule has 0 radical (unpaired) electrons. The van der Waals surface area contributed by atoms with Gasteiger partial charge in [-0.1, -0.05) is 17.7 Å². The summed E-state index contributed by atoms with van der Waals surface area (Å²) in [5.74, 6) is -2.52. The van der Waals surface area contributed by atoms with E-state index >= 15 is 0 Å². The Morgan fingerprint density at radius 2 is 1.74 bits per heavy atom. The molecule has 164 valence electrons. The van der Waals surface area contributed by atoms with Crippen molar-refractivity contribution in [3.05, 3.63) is 64.7 Å². The molecule has 1 saturated heterocycles. The van der Waals surface area contributed by atoms with Gasteiger partial charge in [-0.15, -0.1) is 0 Å². The van der Waals surface area contributed by atoms with Gasteiger partial charge in [0.1, 0.15) is 6.04 Å². The van der Waals surface area contributed by atoms with Gasteiger partial charge in [0.2, 0.25) is 5.91 Å². The fourth-order valence-electron chi connectivity index (χ4n) is 4.34. The number of aryl methyl sites for hydroxylation is 1. The lowest BCUT2D eigenvalue weighted by Gasteiger charge is -2.29. The van der Waals surface area contributed by atoms with Gasteiger partial charge in [0, 0.05) is 23.7 Å².